The molecule has 0 atom stereocenters. The molecule has 1 aromatic rings. The van der Waals surface area contributed by atoms with E-state index in [-0.39, 0.29) is 10.6 Å². The van der Waals surface area contributed by atoms with Crippen LogP contribution in [-0.2, 0) is 6.42 Å². The van der Waals surface area contributed by atoms with Crippen LogP contribution in [0.15, 0.2) is 24.3 Å². The van der Waals surface area contributed by atoms with Crippen molar-refractivity contribution in [3.8, 4) is 0 Å². The predicted octanol–water partition coefficient (Wildman–Crippen LogP) is 4.11. The normalized spacial score (nSPS) is 12.8. The van der Waals surface area contributed by atoms with Gasteiger partial charge in [0.25, 0.3) is 5.69 Å². The number of rotatable bonds is 6. The lowest BCUT2D eigenvalue weighted by molar-refractivity contribution is -0.384. The van der Waals surface area contributed by atoms with Crippen LogP contribution in [-0.4, -0.2) is 32.2 Å². The monoisotopic (exact) mass is 310 g/mol. The Morgan fingerprint density at radius 1 is 1.00 bits per heavy atom. The number of hydrogen-bond donors (Lipinski definition) is 0. The van der Waals surface area contributed by atoms with E-state index in [9.17, 15) is 10.1 Å². The largest absolute Gasteiger partial charge is 0.345 e. The van der Waals surface area contributed by atoms with Crippen LogP contribution in [0, 0.1) is 10.1 Å². The summed E-state index contributed by atoms with van der Waals surface area (Å²) in [7, 11) is -2.64. The molecule has 112 valence electrons. The maximum Gasteiger partial charge on any atom is 0.269 e. The van der Waals surface area contributed by atoms with Gasteiger partial charge in [-0.05, 0) is 18.5 Å². The van der Waals surface area contributed by atoms with Crippen molar-refractivity contribution in [1.29, 1.82) is 0 Å². The summed E-state index contributed by atoms with van der Waals surface area (Å²) < 4.78 is 2.74. The molecule has 0 aliphatic carbocycles. The second-order valence-corrected chi connectivity index (χ2v) is 17.4. The van der Waals surface area contributed by atoms with Crippen molar-refractivity contribution in [3.05, 3.63) is 39.9 Å². The summed E-state index contributed by atoms with van der Waals surface area (Å²) in [6, 6.07) is 6.96. The van der Waals surface area contributed by atoms with Crippen molar-refractivity contribution in [2.75, 3.05) is 6.54 Å². The van der Waals surface area contributed by atoms with Crippen LogP contribution in [0.2, 0.25) is 39.3 Å². The Morgan fingerprint density at radius 3 is 1.80 bits per heavy atom. The van der Waals surface area contributed by atoms with Crippen LogP contribution in [0.5, 0.6) is 0 Å². The van der Waals surface area contributed by atoms with Gasteiger partial charge in [0, 0.05) is 12.1 Å². The molecule has 0 aromatic heterocycles. The van der Waals surface area contributed by atoms with Gasteiger partial charge in [0.2, 0.25) is 0 Å². The van der Waals surface area contributed by atoms with E-state index in [2.05, 4.69) is 43.5 Å². The molecule has 0 aliphatic rings. The second-order valence-electron chi connectivity index (χ2n) is 7.17. The van der Waals surface area contributed by atoms with Gasteiger partial charge in [0.15, 0.2) is 0 Å². The maximum atomic E-state index is 10.6. The lowest BCUT2D eigenvalue weighted by atomic mass is 10.1. The predicted molar refractivity (Wildman–Crippen MR) is 90.2 cm³/mol. The SMILES string of the molecule is C[Si](C)(C)N(CCc1ccc([N+](=O)[O-])cc1)[Si](C)(C)C. The summed E-state index contributed by atoms with van der Waals surface area (Å²) in [6.07, 6.45) is 0.965. The van der Waals surface area contributed by atoms with Crippen molar-refractivity contribution in [2.45, 2.75) is 45.7 Å². The van der Waals surface area contributed by atoms with Gasteiger partial charge < -0.3 is 4.23 Å². The molecular formula is C14H26N2O2Si2. The minimum absolute atomic E-state index is 0.168. The van der Waals surface area contributed by atoms with E-state index in [0.29, 0.717) is 0 Å². The molecule has 0 aliphatic heterocycles. The molecule has 1 rings (SSSR count). The van der Waals surface area contributed by atoms with Crippen molar-refractivity contribution in [2.24, 2.45) is 0 Å². The average Bonchev–Trinajstić information content (AvgIpc) is 2.26. The number of nitrogens with zero attached hydrogens (tertiary/aromatic N) is 2. The third-order valence-corrected chi connectivity index (χ3v) is 11.1. The third kappa shape index (κ3) is 4.84. The van der Waals surface area contributed by atoms with Gasteiger partial charge in [0.05, 0.1) is 4.92 Å². The molecular weight excluding hydrogens is 284 g/mol. The lowest BCUT2D eigenvalue weighted by Crippen LogP contribution is -2.59. The van der Waals surface area contributed by atoms with Crippen LogP contribution < -0.4 is 0 Å². The number of nitro benzene ring substituents is 1. The molecule has 0 unspecified atom stereocenters. The van der Waals surface area contributed by atoms with E-state index in [1.54, 1.807) is 12.1 Å². The Hall–Kier alpha value is -0.986. The minimum Gasteiger partial charge on any atom is -0.345 e. The fourth-order valence-corrected chi connectivity index (χ4v) is 12.3. The molecule has 6 heteroatoms. The third-order valence-electron chi connectivity index (χ3n) is 3.39. The smallest absolute Gasteiger partial charge is 0.269 e. The number of benzene rings is 1. The quantitative estimate of drug-likeness (QED) is 0.451. The summed E-state index contributed by atoms with van der Waals surface area (Å²) in [4.78, 5) is 10.3. The molecule has 1 aromatic carbocycles. The molecule has 0 bridgehead atoms. The van der Waals surface area contributed by atoms with Crippen LogP contribution in [0.4, 0.5) is 5.69 Å². The Kier molecular flexibility index (Phi) is 5.29. The Morgan fingerprint density at radius 2 is 1.45 bits per heavy atom. The molecule has 0 heterocycles. The Balaban J connectivity index is 2.76. The van der Waals surface area contributed by atoms with Gasteiger partial charge in [-0.3, -0.25) is 10.1 Å². The Labute approximate surface area is 124 Å². The first-order valence-corrected chi connectivity index (χ1v) is 13.9. The van der Waals surface area contributed by atoms with Gasteiger partial charge in [-0.15, -0.1) is 0 Å². The van der Waals surface area contributed by atoms with Gasteiger partial charge >= 0.3 is 0 Å². The number of hydrogen-bond acceptors (Lipinski definition) is 3. The molecule has 0 amide bonds. The van der Waals surface area contributed by atoms with Gasteiger partial charge in [0.1, 0.15) is 16.5 Å². The van der Waals surface area contributed by atoms with Crippen molar-refractivity contribution >= 4 is 22.2 Å². The molecule has 0 radical (unpaired) electrons. The molecule has 20 heavy (non-hydrogen) atoms. The van der Waals surface area contributed by atoms with Gasteiger partial charge in [-0.1, -0.05) is 51.4 Å². The lowest BCUT2D eigenvalue weighted by Gasteiger charge is -2.43. The van der Waals surface area contributed by atoms with E-state index in [4.69, 9.17) is 0 Å². The van der Waals surface area contributed by atoms with Crippen LogP contribution in [0.25, 0.3) is 0 Å². The highest BCUT2D eigenvalue weighted by Gasteiger charge is 2.33. The molecule has 0 spiro atoms. The zero-order chi connectivity index (χ0) is 15.6. The first-order valence-electron chi connectivity index (χ1n) is 7.03. The highest BCUT2D eigenvalue weighted by Crippen LogP contribution is 2.21. The first kappa shape index (κ1) is 17.1. The highest BCUT2D eigenvalue weighted by molar-refractivity contribution is 6.89. The zero-order valence-electron chi connectivity index (χ0n) is 13.4. The summed E-state index contributed by atoms with van der Waals surface area (Å²) in [6.45, 7) is 15.4. The van der Waals surface area contributed by atoms with Crippen molar-refractivity contribution < 1.29 is 4.92 Å². The summed E-state index contributed by atoms with van der Waals surface area (Å²) in [5, 5.41) is 10.6. The summed E-state index contributed by atoms with van der Waals surface area (Å²) in [5.41, 5.74) is 1.35. The van der Waals surface area contributed by atoms with Gasteiger partial charge in [-0.25, -0.2) is 0 Å². The fraction of sp³-hybridized carbons (Fsp3) is 0.571. The van der Waals surface area contributed by atoms with Crippen LogP contribution in [0.3, 0.4) is 0 Å². The van der Waals surface area contributed by atoms with E-state index in [1.165, 1.54) is 5.56 Å². The second kappa shape index (κ2) is 6.19. The van der Waals surface area contributed by atoms with Gasteiger partial charge in [-0.2, -0.15) is 0 Å². The van der Waals surface area contributed by atoms with E-state index >= 15 is 0 Å². The number of non-ortho nitro benzene ring substituents is 1. The minimum atomic E-state index is -1.32. The van der Waals surface area contributed by atoms with E-state index in [0.717, 1.165) is 13.0 Å². The van der Waals surface area contributed by atoms with E-state index in [1.807, 2.05) is 12.1 Å². The zero-order valence-corrected chi connectivity index (χ0v) is 15.4. The van der Waals surface area contributed by atoms with Crippen LogP contribution in [0.1, 0.15) is 5.56 Å². The standard InChI is InChI=1S/C14H26N2O2Si2/c1-19(2,3)15(20(4,5)6)12-11-13-7-9-14(10-8-13)16(17)18/h7-10H,11-12H2,1-6H3. The van der Waals surface area contributed by atoms with Crippen LogP contribution >= 0.6 is 0 Å². The molecule has 0 N–H and O–H groups in total. The average molecular weight is 311 g/mol. The Bertz CT molecular complexity index is 448. The maximum absolute atomic E-state index is 10.6. The topological polar surface area (TPSA) is 46.4 Å². The molecule has 0 saturated heterocycles. The fourth-order valence-electron chi connectivity index (χ4n) is 2.70. The number of nitro groups is 1. The highest BCUT2D eigenvalue weighted by atomic mass is 28.4. The first-order chi connectivity index (χ1) is 9.01. The summed E-state index contributed by atoms with van der Waals surface area (Å²) in [5.74, 6) is 0. The van der Waals surface area contributed by atoms with E-state index < -0.39 is 16.5 Å². The van der Waals surface area contributed by atoms with Crippen molar-refractivity contribution in [1.82, 2.24) is 4.23 Å². The van der Waals surface area contributed by atoms with Crippen molar-refractivity contribution in [3.63, 3.8) is 0 Å². The molecule has 4 nitrogen and oxygen atoms in total. The summed E-state index contributed by atoms with van der Waals surface area (Å²) >= 11 is 0. The molecule has 0 fully saturated rings. The molecule has 0 saturated carbocycles.